The molecule has 8 heavy (non-hydrogen) atoms. The van der Waals surface area contributed by atoms with E-state index in [1.54, 1.807) is 7.05 Å². The Morgan fingerprint density at radius 3 is 2.88 bits per heavy atom. The van der Waals surface area contributed by atoms with Crippen molar-refractivity contribution in [2.75, 3.05) is 7.05 Å². The standard InChI is InChI=1S/C5H8BNO/c1-7-5(8)3-2-4-6/h2-3H2,1H3,(H,7,8). The molecule has 0 aromatic carbocycles. The fourth-order valence-corrected chi connectivity index (χ4v) is 0.311. The zero-order valence-corrected chi connectivity index (χ0v) is 4.90. The van der Waals surface area contributed by atoms with Crippen LogP contribution in [0.5, 0.6) is 0 Å². The summed E-state index contributed by atoms with van der Waals surface area (Å²) in [6.45, 7) is 0. The number of carbonyl (C=O) groups is 1. The summed E-state index contributed by atoms with van der Waals surface area (Å²) in [4.78, 5) is 10.4. The molecule has 0 aliphatic carbocycles. The van der Waals surface area contributed by atoms with Crippen LogP contribution in [0.2, 0.25) is 0 Å². The van der Waals surface area contributed by atoms with Crippen molar-refractivity contribution < 1.29 is 4.79 Å². The Balaban J connectivity index is 3.15. The summed E-state index contributed by atoms with van der Waals surface area (Å²) in [5.74, 6) is 2.37. The third kappa shape index (κ3) is 3.50. The van der Waals surface area contributed by atoms with Crippen LogP contribution in [0.3, 0.4) is 0 Å². The molecule has 0 atom stereocenters. The quantitative estimate of drug-likeness (QED) is 0.482. The second kappa shape index (κ2) is 4.47. The summed E-state index contributed by atoms with van der Waals surface area (Å²) in [7, 11) is 6.50. The molecule has 0 aliphatic heterocycles. The van der Waals surface area contributed by atoms with Crippen molar-refractivity contribution in [1.82, 2.24) is 5.32 Å². The zero-order valence-electron chi connectivity index (χ0n) is 4.90. The normalized spacial score (nSPS) is 7.88. The van der Waals surface area contributed by atoms with Gasteiger partial charge >= 0.3 is 49.0 Å². The average molecular weight is 109 g/mol. The molecule has 0 aromatic rings. The van der Waals surface area contributed by atoms with Crippen LogP contribution in [0, 0.1) is 5.80 Å². The van der Waals surface area contributed by atoms with E-state index in [1.165, 1.54) is 0 Å². The summed E-state index contributed by atoms with van der Waals surface area (Å²) in [6.07, 6.45) is 0.965. The maximum atomic E-state index is 10.4. The molecule has 1 amide bonds. The second-order valence-electron chi connectivity index (χ2n) is 1.38. The van der Waals surface area contributed by atoms with Gasteiger partial charge in [-0.1, -0.05) is 0 Å². The molecule has 0 rings (SSSR count). The van der Waals surface area contributed by atoms with Gasteiger partial charge < -0.3 is 0 Å². The predicted molar refractivity (Wildman–Crippen MR) is 32.9 cm³/mol. The Labute approximate surface area is 50.0 Å². The van der Waals surface area contributed by atoms with Crippen LogP contribution in [-0.2, 0) is 4.79 Å². The molecule has 3 heteroatoms. The van der Waals surface area contributed by atoms with Gasteiger partial charge in [-0.2, -0.15) is 0 Å². The third-order valence-corrected chi connectivity index (χ3v) is 0.775. The summed E-state index contributed by atoms with van der Waals surface area (Å²) >= 11 is 0. The molecular weight excluding hydrogens is 101 g/mol. The van der Waals surface area contributed by atoms with E-state index < -0.39 is 0 Å². The first-order valence-corrected chi connectivity index (χ1v) is 2.45. The number of rotatable bonds is 2. The number of nitrogens with one attached hydrogen (secondary N) is 1. The van der Waals surface area contributed by atoms with Crippen molar-refractivity contribution in [3.8, 4) is 5.80 Å². The molecule has 0 aliphatic rings. The Kier molecular flexibility index (Phi) is 4.09. The van der Waals surface area contributed by atoms with Gasteiger partial charge in [0.15, 0.2) is 0 Å². The van der Waals surface area contributed by atoms with E-state index >= 15 is 0 Å². The van der Waals surface area contributed by atoms with Crippen LogP contribution < -0.4 is 5.32 Å². The maximum absolute atomic E-state index is 10.4. The first-order chi connectivity index (χ1) is 3.81. The zero-order chi connectivity index (χ0) is 6.41. The van der Waals surface area contributed by atoms with Gasteiger partial charge in [0, 0.05) is 0 Å². The Hall–Kier alpha value is -0.685. The monoisotopic (exact) mass is 109 g/mol. The van der Waals surface area contributed by atoms with Crippen LogP contribution in [-0.4, -0.2) is 20.3 Å². The van der Waals surface area contributed by atoms with E-state index in [4.69, 9.17) is 7.33 Å². The molecule has 0 bridgehead atoms. The van der Waals surface area contributed by atoms with Gasteiger partial charge in [-0.15, -0.1) is 0 Å². The Morgan fingerprint density at radius 2 is 2.50 bits per heavy atom. The van der Waals surface area contributed by atoms with E-state index in [9.17, 15) is 4.79 Å². The van der Waals surface area contributed by atoms with Crippen LogP contribution in [0.4, 0.5) is 0 Å². The molecular formula is C5H8BNO. The molecule has 0 radical (unpaired) electrons. The van der Waals surface area contributed by atoms with Crippen molar-refractivity contribution in [2.45, 2.75) is 12.8 Å². The number of hydrogen-bond acceptors (Lipinski definition) is 1. The van der Waals surface area contributed by atoms with Crippen LogP contribution >= 0.6 is 0 Å². The molecule has 0 heterocycles. The fourth-order valence-electron chi connectivity index (χ4n) is 0.311. The molecule has 0 saturated carbocycles. The molecule has 0 saturated heterocycles. The first kappa shape index (κ1) is 7.31. The van der Waals surface area contributed by atoms with Crippen LogP contribution in [0.1, 0.15) is 12.8 Å². The van der Waals surface area contributed by atoms with Crippen LogP contribution in [0.15, 0.2) is 0 Å². The third-order valence-electron chi connectivity index (χ3n) is 0.775. The number of amides is 1. The minimum atomic E-state index is 0.00273. The second-order valence-corrected chi connectivity index (χ2v) is 1.38. The van der Waals surface area contributed by atoms with Gasteiger partial charge in [0.1, 0.15) is 0 Å². The molecule has 0 unspecified atom stereocenters. The van der Waals surface area contributed by atoms with E-state index in [0.717, 1.165) is 0 Å². The van der Waals surface area contributed by atoms with Gasteiger partial charge in [-0.05, 0) is 0 Å². The van der Waals surface area contributed by atoms with E-state index in [1.807, 2.05) is 0 Å². The number of hydrogen-bond donors (Lipinski definition) is 1. The van der Waals surface area contributed by atoms with E-state index in [0.29, 0.717) is 12.8 Å². The summed E-state index contributed by atoms with van der Waals surface area (Å²) in [5, 5.41) is 2.47. The molecule has 42 valence electrons. The topological polar surface area (TPSA) is 29.1 Å². The van der Waals surface area contributed by atoms with Gasteiger partial charge in [0.25, 0.3) is 0 Å². The summed E-state index contributed by atoms with van der Waals surface area (Å²) in [5.41, 5.74) is 0. The molecule has 0 spiro atoms. The molecule has 0 fully saturated rings. The van der Waals surface area contributed by atoms with Gasteiger partial charge in [0.05, 0.1) is 0 Å². The fraction of sp³-hybridized carbons (Fsp3) is 0.600. The van der Waals surface area contributed by atoms with Gasteiger partial charge in [0.2, 0.25) is 0 Å². The summed E-state index contributed by atoms with van der Waals surface area (Å²) in [6, 6.07) is 0. The van der Waals surface area contributed by atoms with Gasteiger partial charge in [-0.25, -0.2) is 0 Å². The van der Waals surface area contributed by atoms with Crippen molar-refractivity contribution in [1.29, 1.82) is 0 Å². The van der Waals surface area contributed by atoms with Crippen molar-refractivity contribution in [3.05, 3.63) is 0 Å². The molecule has 1 N–H and O–H groups in total. The predicted octanol–water partition coefficient (Wildman–Crippen LogP) is -0.360. The Bertz CT molecular complexity index is 116. The Morgan fingerprint density at radius 1 is 1.88 bits per heavy atom. The first-order valence-electron chi connectivity index (χ1n) is 2.45. The molecule has 0 aromatic heterocycles. The van der Waals surface area contributed by atoms with Crippen LogP contribution in [0.25, 0.3) is 0 Å². The van der Waals surface area contributed by atoms with Gasteiger partial charge in [-0.3, -0.25) is 0 Å². The minimum absolute atomic E-state index is 0.00273. The van der Waals surface area contributed by atoms with Crippen molar-refractivity contribution in [2.24, 2.45) is 0 Å². The molecule has 2 nitrogen and oxygen atoms in total. The van der Waals surface area contributed by atoms with Crippen molar-refractivity contribution >= 4 is 13.2 Å². The number of carbonyl (C=O) groups excluding carboxylic acids is 1. The average Bonchev–Trinajstić information content (AvgIpc) is 1.83. The van der Waals surface area contributed by atoms with Crippen molar-refractivity contribution in [3.63, 3.8) is 0 Å². The van der Waals surface area contributed by atoms with E-state index in [-0.39, 0.29) is 5.91 Å². The summed E-state index contributed by atoms with van der Waals surface area (Å²) < 4.78 is 0. The SMILES string of the molecule is B#CCCC(=O)NC. The van der Waals surface area contributed by atoms with E-state index in [2.05, 4.69) is 11.1 Å².